The van der Waals surface area contributed by atoms with E-state index < -0.39 is 41.5 Å². The van der Waals surface area contributed by atoms with Crippen molar-refractivity contribution in [2.75, 3.05) is 6.54 Å². The second-order valence-electron chi connectivity index (χ2n) is 10.2. The Bertz CT molecular complexity index is 1450. The number of aryl methyl sites for hydroxylation is 1. The number of amides is 4. The maximum absolute atomic E-state index is 13.4. The molecule has 218 valence electrons. The average Bonchev–Trinajstić information content (AvgIpc) is 3.56. The number of carbonyl (C=O) groups is 4. The van der Waals surface area contributed by atoms with E-state index >= 15 is 0 Å². The van der Waals surface area contributed by atoms with E-state index in [2.05, 4.69) is 36.3 Å². The first kappa shape index (κ1) is 29.6. The number of benzene rings is 1. The van der Waals surface area contributed by atoms with Crippen LogP contribution in [0.15, 0.2) is 40.5 Å². The van der Waals surface area contributed by atoms with Gasteiger partial charge in [-0.15, -0.1) is 16.4 Å². The van der Waals surface area contributed by atoms with Crippen LogP contribution in [-0.4, -0.2) is 62.0 Å². The van der Waals surface area contributed by atoms with Crippen LogP contribution in [0.4, 0.5) is 0 Å². The second-order valence-corrected chi connectivity index (χ2v) is 11.1. The summed E-state index contributed by atoms with van der Waals surface area (Å²) in [6.45, 7) is 4.14. The van der Waals surface area contributed by atoms with Gasteiger partial charge >= 0.3 is 5.69 Å². The molecule has 3 aromatic rings. The number of H-pyrrole nitrogens is 1. The zero-order chi connectivity index (χ0) is 29.5. The summed E-state index contributed by atoms with van der Waals surface area (Å²) in [5, 5.41) is 17.3. The van der Waals surface area contributed by atoms with Crippen LogP contribution in [-0.2, 0) is 23.1 Å². The Hall–Kier alpha value is -4.33. The molecule has 2 aromatic heterocycles. The Balaban J connectivity index is 1.58. The molecule has 0 radical (unpaired) electrons. The van der Waals surface area contributed by atoms with Gasteiger partial charge in [0, 0.05) is 25.4 Å². The zero-order valence-electron chi connectivity index (χ0n) is 23.1. The Morgan fingerprint density at radius 2 is 1.85 bits per heavy atom. The molecule has 0 spiro atoms. The highest BCUT2D eigenvalue weighted by Gasteiger charge is 2.30. The van der Waals surface area contributed by atoms with Crippen molar-refractivity contribution in [1.82, 2.24) is 41.0 Å². The average molecular weight is 583 g/mol. The minimum Gasteiger partial charge on any atom is -0.354 e. The van der Waals surface area contributed by atoms with Crippen LogP contribution in [0.2, 0.25) is 0 Å². The summed E-state index contributed by atoms with van der Waals surface area (Å²) in [4.78, 5) is 71.1. The largest absolute Gasteiger partial charge is 0.354 e. The van der Waals surface area contributed by atoms with Gasteiger partial charge in [-0.25, -0.2) is 14.5 Å². The molecule has 14 heteroatoms. The number of thiazole rings is 1. The summed E-state index contributed by atoms with van der Waals surface area (Å²) in [7, 11) is 1.41. The molecule has 13 nitrogen and oxygen atoms in total. The number of fused-ring (bicyclic) bond motifs is 2. The van der Waals surface area contributed by atoms with E-state index in [1.165, 1.54) is 18.4 Å². The topological polar surface area (TPSA) is 180 Å². The minimum atomic E-state index is -0.938. The Kier molecular flexibility index (Phi) is 9.65. The molecule has 1 aliphatic heterocycles. The third kappa shape index (κ3) is 7.66. The lowest BCUT2D eigenvalue weighted by molar-refractivity contribution is -0.124. The van der Waals surface area contributed by atoms with Crippen LogP contribution in [0.1, 0.15) is 70.8 Å². The third-order valence-electron chi connectivity index (χ3n) is 6.71. The summed E-state index contributed by atoms with van der Waals surface area (Å²) in [5.74, 6) is -2.23. The molecule has 3 atom stereocenters. The minimum absolute atomic E-state index is 0.0833. The number of nitrogens with zero attached hydrogens (tertiary/aromatic N) is 3. The zero-order valence-corrected chi connectivity index (χ0v) is 23.9. The molecule has 3 heterocycles. The van der Waals surface area contributed by atoms with Gasteiger partial charge in [0.05, 0.1) is 6.04 Å². The monoisotopic (exact) mass is 582 g/mol. The van der Waals surface area contributed by atoms with Gasteiger partial charge in [-0.2, -0.15) is 0 Å². The van der Waals surface area contributed by atoms with E-state index in [0.717, 1.165) is 10.2 Å². The van der Waals surface area contributed by atoms with Gasteiger partial charge in [-0.1, -0.05) is 44.2 Å². The summed E-state index contributed by atoms with van der Waals surface area (Å²) in [5.41, 5.74) is 0.492. The first-order valence-corrected chi connectivity index (χ1v) is 14.3. The molecule has 4 amide bonds. The molecular formula is C27H34N8O5S. The van der Waals surface area contributed by atoms with Crippen LogP contribution in [0, 0.1) is 5.92 Å². The molecule has 2 bridgehead atoms. The SMILES string of the molecule is CC(C)[C@H]1NC(=O)[C@@H](NC(=O)c2nn(C)c(=O)[nH]2)CCCCNC(=O)[C@@H](Cc2ccccc2)NC(=O)c2csc1n2. The van der Waals surface area contributed by atoms with Gasteiger partial charge in [0.1, 0.15) is 22.8 Å². The fraction of sp³-hybridized carbons (Fsp3) is 0.444. The van der Waals surface area contributed by atoms with Crippen LogP contribution in [0.5, 0.6) is 0 Å². The maximum atomic E-state index is 13.4. The van der Waals surface area contributed by atoms with Crippen LogP contribution < -0.4 is 27.0 Å². The molecule has 0 saturated carbocycles. The van der Waals surface area contributed by atoms with Crippen molar-refractivity contribution < 1.29 is 19.2 Å². The lowest BCUT2D eigenvalue weighted by Crippen LogP contribution is -2.49. The molecule has 41 heavy (non-hydrogen) atoms. The van der Waals surface area contributed by atoms with E-state index in [1.54, 1.807) is 5.38 Å². The van der Waals surface area contributed by atoms with Crippen molar-refractivity contribution in [2.24, 2.45) is 13.0 Å². The van der Waals surface area contributed by atoms with Crippen molar-refractivity contribution in [1.29, 1.82) is 0 Å². The molecule has 0 unspecified atom stereocenters. The lowest BCUT2D eigenvalue weighted by atomic mass is 10.0. The summed E-state index contributed by atoms with van der Waals surface area (Å²) in [6, 6.07) is 7.14. The number of hydrogen-bond donors (Lipinski definition) is 5. The fourth-order valence-corrected chi connectivity index (χ4v) is 5.42. The lowest BCUT2D eigenvalue weighted by Gasteiger charge is -2.25. The quantitative estimate of drug-likeness (QED) is 0.295. The Morgan fingerprint density at radius 1 is 1.10 bits per heavy atom. The number of aromatic amines is 1. The first-order valence-electron chi connectivity index (χ1n) is 13.4. The smallest absolute Gasteiger partial charge is 0.343 e. The predicted molar refractivity (Wildman–Crippen MR) is 151 cm³/mol. The highest BCUT2D eigenvalue weighted by Crippen LogP contribution is 2.25. The Labute approximate surface area is 240 Å². The highest BCUT2D eigenvalue weighted by molar-refractivity contribution is 7.09. The van der Waals surface area contributed by atoms with E-state index in [1.807, 2.05) is 44.2 Å². The van der Waals surface area contributed by atoms with Crippen molar-refractivity contribution >= 4 is 35.0 Å². The van der Waals surface area contributed by atoms with E-state index in [-0.39, 0.29) is 29.8 Å². The highest BCUT2D eigenvalue weighted by atomic mass is 32.1. The van der Waals surface area contributed by atoms with Gasteiger partial charge in [0.2, 0.25) is 17.6 Å². The number of carbonyl (C=O) groups excluding carboxylic acids is 4. The molecule has 0 aliphatic carbocycles. The number of rotatable bonds is 5. The molecular weight excluding hydrogens is 548 g/mol. The summed E-state index contributed by atoms with van der Waals surface area (Å²) < 4.78 is 0.993. The molecule has 0 saturated heterocycles. The molecule has 0 fully saturated rings. The van der Waals surface area contributed by atoms with E-state index in [9.17, 15) is 24.0 Å². The molecule has 5 N–H and O–H groups in total. The molecule has 1 aliphatic rings. The van der Waals surface area contributed by atoms with Crippen molar-refractivity contribution in [2.45, 2.75) is 57.7 Å². The van der Waals surface area contributed by atoms with Gasteiger partial charge in [0.15, 0.2) is 0 Å². The number of aromatic nitrogens is 4. The van der Waals surface area contributed by atoms with Gasteiger partial charge in [-0.05, 0) is 30.7 Å². The number of nitrogens with one attached hydrogen (secondary N) is 5. The first-order chi connectivity index (χ1) is 19.6. The standard InChI is InChI=1S/C27H34N8O5S/c1-15(2)20-26-31-19(14-41-26)24(38)30-18(13-16-9-5-4-6-10-16)22(36)28-12-8-7-11-17(23(37)32-20)29-25(39)21-33-27(40)35(3)34-21/h4-6,9-10,14-15,17-18,20H,7-8,11-13H2,1-3H3,(H,28,36)(H,29,39)(H,30,38)(H,32,37)(H,33,34,40)/t17-,18+,20+/m0/s1. The molecule has 4 rings (SSSR count). The van der Waals surface area contributed by atoms with E-state index in [4.69, 9.17) is 0 Å². The van der Waals surface area contributed by atoms with Crippen molar-refractivity contribution in [3.05, 3.63) is 68.3 Å². The van der Waals surface area contributed by atoms with Gasteiger partial charge < -0.3 is 21.3 Å². The Morgan fingerprint density at radius 3 is 2.54 bits per heavy atom. The van der Waals surface area contributed by atoms with Crippen LogP contribution in [0.25, 0.3) is 0 Å². The van der Waals surface area contributed by atoms with Gasteiger partial charge in [0.25, 0.3) is 11.8 Å². The van der Waals surface area contributed by atoms with Crippen molar-refractivity contribution in [3.8, 4) is 0 Å². The normalized spacial score (nSPS) is 20.7. The van der Waals surface area contributed by atoms with Gasteiger partial charge in [-0.3, -0.25) is 24.2 Å². The number of hydrogen-bond acceptors (Lipinski definition) is 8. The van der Waals surface area contributed by atoms with E-state index in [0.29, 0.717) is 30.8 Å². The van der Waals surface area contributed by atoms with Crippen molar-refractivity contribution in [3.63, 3.8) is 0 Å². The van der Waals surface area contributed by atoms with Crippen LogP contribution in [0.3, 0.4) is 0 Å². The molecule has 1 aromatic carbocycles. The third-order valence-corrected chi connectivity index (χ3v) is 7.64. The summed E-state index contributed by atoms with van der Waals surface area (Å²) >= 11 is 1.23. The predicted octanol–water partition coefficient (Wildman–Crippen LogP) is 0.818. The second kappa shape index (κ2) is 13.4. The maximum Gasteiger partial charge on any atom is 0.343 e. The van der Waals surface area contributed by atoms with Crippen LogP contribution >= 0.6 is 11.3 Å². The fourth-order valence-electron chi connectivity index (χ4n) is 4.40. The summed E-state index contributed by atoms with van der Waals surface area (Å²) in [6.07, 6.45) is 1.62.